The molecule has 88 valence electrons. The van der Waals surface area contributed by atoms with Crippen LogP contribution in [0.1, 0.15) is 53.4 Å². The van der Waals surface area contributed by atoms with Crippen LogP contribution in [0.4, 0.5) is 0 Å². The maximum atomic E-state index is 10.9. The molecule has 0 N–H and O–H groups in total. The van der Waals surface area contributed by atoms with Gasteiger partial charge in [-0.3, -0.25) is 4.90 Å². The number of piperidine rings is 1. The summed E-state index contributed by atoms with van der Waals surface area (Å²) in [4.78, 5) is 13.5. The van der Waals surface area contributed by atoms with Crippen molar-refractivity contribution in [2.24, 2.45) is 5.92 Å². The summed E-state index contributed by atoms with van der Waals surface area (Å²) in [6.07, 6.45) is 4.42. The van der Waals surface area contributed by atoms with Gasteiger partial charge in [0.15, 0.2) is 0 Å². The minimum atomic E-state index is 0.311. The Morgan fingerprint density at radius 2 is 1.80 bits per heavy atom. The van der Waals surface area contributed by atoms with Crippen LogP contribution in [0, 0.1) is 5.92 Å². The second kappa shape index (κ2) is 5.11. The molecule has 0 aliphatic carbocycles. The molecular weight excluding hydrogens is 186 g/mol. The summed E-state index contributed by atoms with van der Waals surface area (Å²) in [5.74, 6) is 1.13. The molecule has 0 atom stereocenters. The van der Waals surface area contributed by atoms with Gasteiger partial charge < -0.3 is 4.79 Å². The zero-order valence-electron chi connectivity index (χ0n) is 10.7. The van der Waals surface area contributed by atoms with Crippen LogP contribution in [0.3, 0.4) is 0 Å². The van der Waals surface area contributed by atoms with Gasteiger partial charge in [-0.05, 0) is 66.0 Å². The molecule has 2 heteroatoms. The third kappa shape index (κ3) is 4.33. The molecule has 0 bridgehead atoms. The summed E-state index contributed by atoms with van der Waals surface area (Å²) >= 11 is 0. The number of carbonyl (C=O) groups excluding carboxylic acids is 1. The third-order valence-corrected chi connectivity index (χ3v) is 3.47. The van der Waals surface area contributed by atoms with Gasteiger partial charge in [0, 0.05) is 12.0 Å². The van der Waals surface area contributed by atoms with Gasteiger partial charge in [-0.25, -0.2) is 0 Å². The molecule has 0 saturated carbocycles. The molecule has 0 aromatic rings. The number of carbonyl (C=O) groups is 1. The Balaban J connectivity index is 2.27. The van der Waals surface area contributed by atoms with E-state index in [4.69, 9.17) is 0 Å². The lowest BCUT2D eigenvalue weighted by Gasteiger charge is -2.40. The Morgan fingerprint density at radius 3 is 2.20 bits per heavy atom. The zero-order valence-corrected chi connectivity index (χ0v) is 10.7. The quantitative estimate of drug-likeness (QED) is 0.715. The van der Waals surface area contributed by atoms with E-state index in [-0.39, 0.29) is 0 Å². The lowest BCUT2D eigenvalue weighted by Crippen LogP contribution is -2.46. The van der Waals surface area contributed by atoms with Crippen molar-refractivity contribution in [3.63, 3.8) is 0 Å². The molecular formula is C13H25NO. The summed E-state index contributed by atoms with van der Waals surface area (Å²) in [6.45, 7) is 10.9. The molecule has 1 rings (SSSR count). The molecule has 15 heavy (non-hydrogen) atoms. The third-order valence-electron chi connectivity index (χ3n) is 3.47. The maximum Gasteiger partial charge on any atom is 0.129 e. The Bertz CT molecular complexity index is 209. The van der Waals surface area contributed by atoms with Gasteiger partial charge in [-0.2, -0.15) is 0 Å². The van der Waals surface area contributed by atoms with E-state index in [0.29, 0.717) is 11.3 Å². The van der Waals surface area contributed by atoms with E-state index in [2.05, 4.69) is 25.7 Å². The van der Waals surface area contributed by atoms with Crippen molar-refractivity contribution >= 4 is 5.78 Å². The first-order valence-corrected chi connectivity index (χ1v) is 6.14. The first kappa shape index (κ1) is 12.7. The fraction of sp³-hybridized carbons (Fsp3) is 0.923. The Kier molecular flexibility index (Phi) is 4.32. The molecule has 1 fully saturated rings. The van der Waals surface area contributed by atoms with Gasteiger partial charge >= 0.3 is 0 Å². The Morgan fingerprint density at radius 1 is 1.27 bits per heavy atom. The van der Waals surface area contributed by atoms with E-state index in [9.17, 15) is 4.79 Å². The smallest absolute Gasteiger partial charge is 0.129 e. The monoisotopic (exact) mass is 211 g/mol. The van der Waals surface area contributed by atoms with E-state index < -0.39 is 0 Å². The van der Waals surface area contributed by atoms with Crippen LogP contribution in [-0.2, 0) is 4.79 Å². The lowest BCUT2D eigenvalue weighted by molar-refractivity contribution is -0.117. The van der Waals surface area contributed by atoms with Crippen LogP contribution >= 0.6 is 0 Å². The highest BCUT2D eigenvalue weighted by Gasteiger charge is 2.26. The molecule has 1 saturated heterocycles. The largest absolute Gasteiger partial charge is 0.300 e. The first-order chi connectivity index (χ1) is 6.89. The fourth-order valence-corrected chi connectivity index (χ4v) is 2.30. The molecule has 1 heterocycles. The van der Waals surface area contributed by atoms with Crippen LogP contribution < -0.4 is 0 Å². The van der Waals surface area contributed by atoms with Crippen LogP contribution in [-0.4, -0.2) is 29.3 Å². The highest BCUT2D eigenvalue weighted by atomic mass is 16.1. The van der Waals surface area contributed by atoms with Gasteiger partial charge in [-0.1, -0.05) is 0 Å². The second-order valence-electron chi connectivity index (χ2n) is 5.84. The van der Waals surface area contributed by atoms with Crippen LogP contribution in [0.15, 0.2) is 0 Å². The van der Waals surface area contributed by atoms with E-state index >= 15 is 0 Å². The first-order valence-electron chi connectivity index (χ1n) is 6.14. The number of hydrogen-bond donors (Lipinski definition) is 0. The molecule has 0 aromatic carbocycles. The van der Waals surface area contributed by atoms with Gasteiger partial charge in [0.1, 0.15) is 5.78 Å². The van der Waals surface area contributed by atoms with Crippen LogP contribution in [0.25, 0.3) is 0 Å². The van der Waals surface area contributed by atoms with Gasteiger partial charge in [-0.15, -0.1) is 0 Å². The fourth-order valence-electron chi connectivity index (χ4n) is 2.30. The molecule has 2 nitrogen and oxygen atoms in total. The molecule has 0 unspecified atom stereocenters. The van der Waals surface area contributed by atoms with E-state index in [0.717, 1.165) is 18.8 Å². The summed E-state index contributed by atoms with van der Waals surface area (Å²) in [6, 6.07) is 0. The minimum absolute atomic E-state index is 0.311. The lowest BCUT2D eigenvalue weighted by atomic mass is 9.89. The number of likely N-dealkylation sites (tertiary alicyclic amines) is 1. The average Bonchev–Trinajstić information content (AvgIpc) is 2.14. The number of Topliss-reactive ketones (excluding diaryl/α,β-unsaturated/α-hetero) is 1. The van der Waals surface area contributed by atoms with Crippen molar-refractivity contribution < 1.29 is 4.79 Å². The average molecular weight is 211 g/mol. The Labute approximate surface area is 94.0 Å². The highest BCUT2D eigenvalue weighted by Crippen LogP contribution is 2.26. The van der Waals surface area contributed by atoms with Crippen molar-refractivity contribution in [1.82, 2.24) is 4.90 Å². The molecule has 0 aromatic heterocycles. The number of ketones is 1. The van der Waals surface area contributed by atoms with Gasteiger partial charge in [0.05, 0.1) is 0 Å². The summed E-state index contributed by atoms with van der Waals surface area (Å²) in [5.41, 5.74) is 0.311. The van der Waals surface area contributed by atoms with Crippen molar-refractivity contribution in [2.75, 3.05) is 13.1 Å². The van der Waals surface area contributed by atoms with E-state index in [1.54, 1.807) is 6.92 Å². The molecule has 1 aliphatic rings. The number of hydrogen-bond acceptors (Lipinski definition) is 2. The minimum Gasteiger partial charge on any atom is -0.300 e. The van der Waals surface area contributed by atoms with Crippen molar-refractivity contribution in [1.29, 1.82) is 0 Å². The summed E-state index contributed by atoms with van der Waals surface area (Å²) in [7, 11) is 0. The molecule has 0 radical (unpaired) electrons. The topological polar surface area (TPSA) is 20.3 Å². The van der Waals surface area contributed by atoms with E-state index in [1.807, 2.05) is 0 Å². The SMILES string of the molecule is CC(=O)CCC1CCN(C(C)(C)C)CC1. The predicted molar refractivity (Wildman–Crippen MR) is 64.0 cm³/mol. The normalized spacial score (nSPS) is 20.5. The standard InChI is InChI=1S/C13H25NO/c1-11(15)5-6-12-7-9-14(10-8-12)13(2,3)4/h12H,5-10H2,1-4H3. The molecule has 0 spiro atoms. The summed E-state index contributed by atoms with van der Waals surface area (Å²) < 4.78 is 0. The highest BCUT2D eigenvalue weighted by molar-refractivity contribution is 5.75. The maximum absolute atomic E-state index is 10.9. The summed E-state index contributed by atoms with van der Waals surface area (Å²) in [5, 5.41) is 0. The van der Waals surface area contributed by atoms with Gasteiger partial charge in [0.25, 0.3) is 0 Å². The van der Waals surface area contributed by atoms with Crippen molar-refractivity contribution in [3.8, 4) is 0 Å². The van der Waals surface area contributed by atoms with E-state index in [1.165, 1.54) is 25.9 Å². The Hall–Kier alpha value is -0.370. The molecule has 1 aliphatic heterocycles. The van der Waals surface area contributed by atoms with Crippen molar-refractivity contribution in [2.45, 2.75) is 58.9 Å². The zero-order chi connectivity index (χ0) is 11.5. The molecule has 0 amide bonds. The number of rotatable bonds is 3. The second-order valence-corrected chi connectivity index (χ2v) is 5.84. The van der Waals surface area contributed by atoms with Crippen LogP contribution in [0.2, 0.25) is 0 Å². The van der Waals surface area contributed by atoms with Gasteiger partial charge in [0.2, 0.25) is 0 Å². The number of nitrogens with zero attached hydrogens (tertiary/aromatic N) is 1. The predicted octanol–water partition coefficient (Wildman–Crippen LogP) is 2.87. The van der Waals surface area contributed by atoms with Crippen molar-refractivity contribution in [3.05, 3.63) is 0 Å². The van der Waals surface area contributed by atoms with Crippen LogP contribution in [0.5, 0.6) is 0 Å².